The van der Waals surface area contributed by atoms with Crippen LogP contribution in [-0.4, -0.2) is 7.05 Å². The van der Waals surface area contributed by atoms with Crippen LogP contribution in [0.4, 0.5) is 10.1 Å². The molecule has 106 valence electrons. The predicted molar refractivity (Wildman–Crippen MR) is 89.0 cm³/mol. The quantitative estimate of drug-likeness (QED) is 0.713. The van der Waals surface area contributed by atoms with Gasteiger partial charge in [-0.3, -0.25) is 0 Å². The van der Waals surface area contributed by atoms with Gasteiger partial charge in [-0.2, -0.15) is 0 Å². The summed E-state index contributed by atoms with van der Waals surface area (Å²) in [5.74, 6) is 0.446. The Morgan fingerprint density at radius 2 is 2.05 bits per heavy atom. The number of nitrogens with one attached hydrogen (secondary N) is 1. The molecule has 0 atom stereocenters. The highest BCUT2D eigenvalue weighted by Gasteiger charge is 2.09. The lowest BCUT2D eigenvalue weighted by Gasteiger charge is -2.11. The number of aryl methyl sites for hydroxylation is 1. The van der Waals surface area contributed by atoms with Crippen molar-refractivity contribution in [2.24, 2.45) is 0 Å². The van der Waals surface area contributed by atoms with Crippen LogP contribution in [0, 0.1) is 5.82 Å². The summed E-state index contributed by atoms with van der Waals surface area (Å²) in [6, 6.07) is 11.5. The molecule has 0 saturated carbocycles. The lowest BCUT2D eigenvalue weighted by molar-refractivity contribution is 0.618. The highest BCUT2D eigenvalue weighted by Crippen LogP contribution is 2.33. The largest absolute Gasteiger partial charge is 0.388 e. The maximum Gasteiger partial charge on any atom is 0.129 e. The average molecular weight is 354 g/mol. The van der Waals surface area contributed by atoms with E-state index in [1.54, 1.807) is 17.8 Å². The molecule has 0 heterocycles. The summed E-state index contributed by atoms with van der Waals surface area (Å²) in [5, 5.41) is 3.04. The summed E-state index contributed by atoms with van der Waals surface area (Å²) in [7, 11) is 1.82. The van der Waals surface area contributed by atoms with Crippen molar-refractivity contribution in [1.82, 2.24) is 0 Å². The molecule has 0 aliphatic heterocycles. The Hall–Kier alpha value is -1.00. The summed E-state index contributed by atoms with van der Waals surface area (Å²) < 4.78 is 15.0. The number of halogens is 2. The van der Waals surface area contributed by atoms with Crippen molar-refractivity contribution in [3.05, 3.63) is 57.8 Å². The molecule has 0 aliphatic rings. The van der Waals surface area contributed by atoms with Crippen molar-refractivity contribution in [3.63, 3.8) is 0 Å². The van der Waals surface area contributed by atoms with Crippen LogP contribution in [0.25, 0.3) is 0 Å². The smallest absolute Gasteiger partial charge is 0.129 e. The normalized spacial score (nSPS) is 10.6. The van der Waals surface area contributed by atoms with E-state index in [9.17, 15) is 4.39 Å². The Labute approximate surface area is 132 Å². The highest BCUT2D eigenvalue weighted by atomic mass is 79.9. The Bertz CT molecular complexity index is 601. The van der Waals surface area contributed by atoms with E-state index in [-0.39, 0.29) is 5.82 Å². The van der Waals surface area contributed by atoms with Crippen molar-refractivity contribution in [3.8, 4) is 0 Å². The predicted octanol–water partition coefficient (Wildman–Crippen LogP) is 5.48. The van der Waals surface area contributed by atoms with Gasteiger partial charge in [-0.25, -0.2) is 4.39 Å². The molecular weight excluding hydrogens is 337 g/mol. The van der Waals surface area contributed by atoms with Crippen LogP contribution in [0.2, 0.25) is 0 Å². The van der Waals surface area contributed by atoms with Crippen molar-refractivity contribution < 1.29 is 4.39 Å². The molecule has 0 spiro atoms. The summed E-state index contributed by atoms with van der Waals surface area (Å²) in [6.45, 7) is 2.13. The zero-order valence-corrected chi connectivity index (χ0v) is 13.9. The molecule has 0 unspecified atom stereocenters. The first kappa shape index (κ1) is 15.4. The van der Waals surface area contributed by atoms with Gasteiger partial charge < -0.3 is 5.32 Å². The van der Waals surface area contributed by atoms with Crippen LogP contribution in [0.15, 0.2) is 45.8 Å². The van der Waals surface area contributed by atoms with Gasteiger partial charge in [0.2, 0.25) is 0 Å². The molecule has 4 heteroatoms. The topological polar surface area (TPSA) is 12.0 Å². The number of thioether (sulfide) groups is 1. The van der Waals surface area contributed by atoms with E-state index in [1.165, 1.54) is 11.6 Å². The second-order valence-electron chi connectivity index (χ2n) is 4.42. The standard InChI is InChI=1S/C16H17BrFNS/c1-3-11-7-8-13(17)16(9-11)20-10-12-14(18)5-4-6-15(12)19-2/h4-9,19H,3,10H2,1-2H3. The minimum absolute atomic E-state index is 0.160. The molecule has 0 bridgehead atoms. The van der Waals surface area contributed by atoms with Crippen molar-refractivity contribution >= 4 is 33.4 Å². The van der Waals surface area contributed by atoms with Crippen LogP contribution in [-0.2, 0) is 12.2 Å². The Balaban J connectivity index is 2.21. The average Bonchev–Trinajstić information content (AvgIpc) is 2.47. The van der Waals surface area contributed by atoms with Gasteiger partial charge in [0.15, 0.2) is 0 Å². The molecule has 1 N–H and O–H groups in total. The Kier molecular flexibility index (Phi) is 5.49. The number of rotatable bonds is 5. The second-order valence-corrected chi connectivity index (χ2v) is 6.29. The molecule has 0 aromatic heterocycles. The zero-order chi connectivity index (χ0) is 14.5. The fourth-order valence-corrected chi connectivity index (χ4v) is 3.59. The molecule has 20 heavy (non-hydrogen) atoms. The third-order valence-electron chi connectivity index (χ3n) is 3.16. The molecule has 0 radical (unpaired) electrons. The molecule has 0 amide bonds. The van der Waals surface area contributed by atoms with Crippen LogP contribution in [0.5, 0.6) is 0 Å². The van der Waals surface area contributed by atoms with Crippen LogP contribution >= 0.6 is 27.7 Å². The van der Waals surface area contributed by atoms with Gasteiger partial charge >= 0.3 is 0 Å². The summed E-state index contributed by atoms with van der Waals surface area (Å²) in [5.41, 5.74) is 2.85. The number of benzene rings is 2. The molecule has 0 fully saturated rings. The Morgan fingerprint density at radius 3 is 2.75 bits per heavy atom. The SMILES string of the molecule is CCc1ccc(Br)c(SCc2c(F)cccc2NC)c1. The second kappa shape index (κ2) is 7.14. The van der Waals surface area contributed by atoms with Gasteiger partial charge in [0.25, 0.3) is 0 Å². The van der Waals surface area contributed by atoms with E-state index in [2.05, 4.69) is 46.4 Å². The lowest BCUT2D eigenvalue weighted by atomic mass is 10.2. The first-order valence-electron chi connectivity index (χ1n) is 6.52. The van der Waals surface area contributed by atoms with Crippen molar-refractivity contribution in [2.45, 2.75) is 24.0 Å². The van der Waals surface area contributed by atoms with E-state index >= 15 is 0 Å². The molecular formula is C16H17BrFNS. The monoisotopic (exact) mass is 353 g/mol. The number of anilines is 1. The van der Waals surface area contributed by atoms with Gasteiger partial charge in [-0.1, -0.05) is 19.1 Å². The van der Waals surface area contributed by atoms with Gasteiger partial charge in [-0.15, -0.1) is 11.8 Å². The van der Waals surface area contributed by atoms with Crippen molar-refractivity contribution in [2.75, 3.05) is 12.4 Å². The maximum absolute atomic E-state index is 13.9. The van der Waals surface area contributed by atoms with Gasteiger partial charge in [0.1, 0.15) is 5.82 Å². The fraction of sp³-hybridized carbons (Fsp3) is 0.250. The minimum atomic E-state index is -0.160. The van der Waals surface area contributed by atoms with Gasteiger partial charge in [0.05, 0.1) is 0 Å². The minimum Gasteiger partial charge on any atom is -0.388 e. The lowest BCUT2D eigenvalue weighted by Crippen LogP contribution is -1.97. The van der Waals surface area contributed by atoms with E-state index in [1.807, 2.05) is 13.1 Å². The first-order valence-corrected chi connectivity index (χ1v) is 8.30. The Morgan fingerprint density at radius 1 is 1.25 bits per heavy atom. The van der Waals surface area contributed by atoms with Gasteiger partial charge in [0, 0.05) is 33.4 Å². The van der Waals surface area contributed by atoms with Crippen LogP contribution in [0.1, 0.15) is 18.1 Å². The summed E-state index contributed by atoms with van der Waals surface area (Å²) >= 11 is 5.20. The maximum atomic E-state index is 13.9. The highest BCUT2D eigenvalue weighted by molar-refractivity contribution is 9.10. The number of hydrogen-bond donors (Lipinski definition) is 1. The van der Waals surface area contributed by atoms with E-state index < -0.39 is 0 Å². The third kappa shape index (κ3) is 3.55. The fourth-order valence-electron chi connectivity index (χ4n) is 1.97. The zero-order valence-electron chi connectivity index (χ0n) is 11.5. The molecule has 0 saturated heterocycles. The molecule has 2 rings (SSSR count). The van der Waals surface area contributed by atoms with Gasteiger partial charge in [-0.05, 0) is 52.2 Å². The molecule has 0 aliphatic carbocycles. The van der Waals surface area contributed by atoms with Crippen LogP contribution in [0.3, 0.4) is 0 Å². The van der Waals surface area contributed by atoms with Crippen LogP contribution < -0.4 is 5.32 Å². The molecule has 2 aromatic rings. The summed E-state index contributed by atoms with van der Waals surface area (Å²) in [6.07, 6.45) is 1.00. The van der Waals surface area contributed by atoms with E-state index in [0.717, 1.165) is 21.5 Å². The van der Waals surface area contributed by atoms with E-state index in [4.69, 9.17) is 0 Å². The third-order valence-corrected chi connectivity index (χ3v) is 5.20. The first-order chi connectivity index (χ1) is 9.65. The van der Waals surface area contributed by atoms with E-state index in [0.29, 0.717) is 11.3 Å². The summed E-state index contributed by atoms with van der Waals surface area (Å²) in [4.78, 5) is 1.15. The molecule has 1 nitrogen and oxygen atoms in total. The van der Waals surface area contributed by atoms with Crippen molar-refractivity contribution in [1.29, 1.82) is 0 Å². The molecule has 2 aromatic carbocycles. The number of hydrogen-bond acceptors (Lipinski definition) is 2.